The molecule has 1 aliphatic heterocycles. The van der Waals surface area contributed by atoms with E-state index in [4.69, 9.17) is 0 Å². The number of aromatic nitrogens is 1. The standard InChI is InChI=1S/C14H18N2O4/c1-3-14(13(19)20)4-5-16(8-14)12(18)10-7-15-9(2)6-11(10)17/h6-7H,3-5,8H2,1-2H3,(H,15,17)(H,19,20). The SMILES string of the molecule is CCC1(C(=O)O)CCN(C(=O)c2c[nH]c(C)cc2=O)C1. The molecule has 1 atom stereocenters. The van der Waals surface area contributed by atoms with Gasteiger partial charge in [-0.3, -0.25) is 14.4 Å². The Balaban J connectivity index is 2.24. The average Bonchev–Trinajstić information content (AvgIpc) is 2.83. The maximum absolute atomic E-state index is 12.3. The first-order valence-electron chi connectivity index (χ1n) is 6.61. The second kappa shape index (κ2) is 5.11. The van der Waals surface area contributed by atoms with Crippen LogP contribution in [0.5, 0.6) is 0 Å². The fourth-order valence-electron chi connectivity index (χ4n) is 2.57. The van der Waals surface area contributed by atoms with Gasteiger partial charge < -0.3 is 15.0 Å². The molecule has 1 fully saturated rings. The van der Waals surface area contributed by atoms with Crippen molar-refractivity contribution in [2.45, 2.75) is 26.7 Å². The van der Waals surface area contributed by atoms with Crippen molar-refractivity contribution >= 4 is 11.9 Å². The van der Waals surface area contributed by atoms with Crippen LogP contribution in [0.3, 0.4) is 0 Å². The second-order valence-electron chi connectivity index (χ2n) is 5.31. The number of carbonyl (C=O) groups excluding carboxylic acids is 1. The van der Waals surface area contributed by atoms with Gasteiger partial charge in [0.1, 0.15) is 5.56 Å². The van der Waals surface area contributed by atoms with Gasteiger partial charge in [-0.15, -0.1) is 0 Å². The summed E-state index contributed by atoms with van der Waals surface area (Å²) < 4.78 is 0. The van der Waals surface area contributed by atoms with Gasteiger partial charge in [0.15, 0.2) is 5.43 Å². The minimum absolute atomic E-state index is 0.0629. The van der Waals surface area contributed by atoms with Crippen molar-refractivity contribution in [3.8, 4) is 0 Å². The Bertz CT molecular complexity index is 607. The van der Waals surface area contributed by atoms with Gasteiger partial charge in [0, 0.05) is 31.0 Å². The highest BCUT2D eigenvalue weighted by molar-refractivity contribution is 5.94. The number of nitrogens with one attached hydrogen (secondary N) is 1. The number of likely N-dealkylation sites (tertiary alicyclic amines) is 1. The Kier molecular flexibility index (Phi) is 3.65. The summed E-state index contributed by atoms with van der Waals surface area (Å²) in [5.41, 5.74) is -0.475. The number of carboxylic acids is 1. The Morgan fingerprint density at radius 3 is 2.70 bits per heavy atom. The highest BCUT2D eigenvalue weighted by Gasteiger charge is 2.45. The van der Waals surface area contributed by atoms with Gasteiger partial charge in [-0.2, -0.15) is 0 Å². The molecular formula is C14H18N2O4. The van der Waals surface area contributed by atoms with Crippen LogP contribution in [-0.2, 0) is 4.79 Å². The van der Waals surface area contributed by atoms with Gasteiger partial charge in [0.05, 0.1) is 5.41 Å². The third kappa shape index (κ3) is 2.33. The molecular weight excluding hydrogens is 260 g/mol. The summed E-state index contributed by atoms with van der Waals surface area (Å²) in [4.78, 5) is 39.8. The molecule has 6 nitrogen and oxygen atoms in total. The van der Waals surface area contributed by atoms with E-state index in [1.165, 1.54) is 17.2 Å². The van der Waals surface area contributed by atoms with Gasteiger partial charge in [0.25, 0.3) is 5.91 Å². The highest BCUT2D eigenvalue weighted by atomic mass is 16.4. The van der Waals surface area contributed by atoms with Crippen molar-refractivity contribution in [3.63, 3.8) is 0 Å². The summed E-state index contributed by atoms with van der Waals surface area (Å²) in [5.74, 6) is -1.28. The second-order valence-corrected chi connectivity index (χ2v) is 5.31. The molecule has 20 heavy (non-hydrogen) atoms. The number of pyridine rings is 1. The minimum Gasteiger partial charge on any atom is -0.481 e. The van der Waals surface area contributed by atoms with Crippen LogP contribution in [0.25, 0.3) is 0 Å². The van der Waals surface area contributed by atoms with Gasteiger partial charge >= 0.3 is 5.97 Å². The predicted octanol–water partition coefficient (Wildman–Crippen LogP) is 1.01. The number of amides is 1. The van der Waals surface area contributed by atoms with Crippen LogP contribution in [0.2, 0.25) is 0 Å². The van der Waals surface area contributed by atoms with Crippen LogP contribution < -0.4 is 5.43 Å². The number of carboxylic acid groups (broad SMARTS) is 1. The van der Waals surface area contributed by atoms with Crippen LogP contribution in [0.1, 0.15) is 35.8 Å². The van der Waals surface area contributed by atoms with E-state index in [1.54, 1.807) is 13.8 Å². The molecule has 1 saturated heterocycles. The quantitative estimate of drug-likeness (QED) is 0.863. The lowest BCUT2D eigenvalue weighted by Gasteiger charge is -2.22. The fraction of sp³-hybridized carbons (Fsp3) is 0.500. The largest absolute Gasteiger partial charge is 0.481 e. The molecule has 1 aromatic rings. The number of aliphatic carboxylic acids is 1. The molecule has 0 radical (unpaired) electrons. The lowest BCUT2D eigenvalue weighted by atomic mass is 9.84. The molecule has 2 rings (SSSR count). The summed E-state index contributed by atoms with van der Waals surface area (Å²) in [6.45, 7) is 4.07. The number of aryl methyl sites for hydroxylation is 1. The number of hydrogen-bond acceptors (Lipinski definition) is 3. The van der Waals surface area contributed by atoms with Crippen LogP contribution >= 0.6 is 0 Å². The normalized spacial score (nSPS) is 22.0. The number of hydrogen-bond donors (Lipinski definition) is 2. The molecule has 1 amide bonds. The maximum Gasteiger partial charge on any atom is 0.311 e. The van der Waals surface area contributed by atoms with E-state index < -0.39 is 17.3 Å². The summed E-state index contributed by atoms with van der Waals surface area (Å²) in [7, 11) is 0. The Labute approximate surface area is 116 Å². The van der Waals surface area contributed by atoms with E-state index in [-0.39, 0.29) is 17.5 Å². The summed E-state index contributed by atoms with van der Waals surface area (Å²) in [5, 5.41) is 9.32. The molecule has 1 aliphatic rings. The van der Waals surface area contributed by atoms with Crippen molar-refractivity contribution in [2.75, 3.05) is 13.1 Å². The molecule has 2 N–H and O–H groups in total. The Morgan fingerprint density at radius 1 is 1.50 bits per heavy atom. The topological polar surface area (TPSA) is 90.5 Å². The molecule has 6 heteroatoms. The zero-order chi connectivity index (χ0) is 14.9. The number of rotatable bonds is 3. The van der Waals surface area contributed by atoms with Gasteiger partial charge in [-0.25, -0.2) is 0 Å². The lowest BCUT2D eigenvalue weighted by molar-refractivity contribution is -0.148. The minimum atomic E-state index is -0.882. The van der Waals surface area contributed by atoms with Gasteiger partial charge in [-0.05, 0) is 19.8 Å². The zero-order valence-electron chi connectivity index (χ0n) is 11.6. The van der Waals surface area contributed by atoms with E-state index in [0.717, 1.165) is 0 Å². The molecule has 1 aromatic heterocycles. The fourth-order valence-corrected chi connectivity index (χ4v) is 2.57. The predicted molar refractivity (Wildman–Crippen MR) is 72.7 cm³/mol. The molecule has 0 spiro atoms. The molecule has 0 saturated carbocycles. The summed E-state index contributed by atoms with van der Waals surface area (Å²) in [6.07, 6.45) is 2.29. The van der Waals surface area contributed by atoms with Crippen LogP contribution in [0.15, 0.2) is 17.1 Å². The molecule has 2 heterocycles. The first-order chi connectivity index (χ1) is 9.39. The third-order valence-corrected chi connectivity index (χ3v) is 4.06. The average molecular weight is 278 g/mol. The van der Waals surface area contributed by atoms with Crippen LogP contribution in [-0.4, -0.2) is 40.0 Å². The van der Waals surface area contributed by atoms with Crippen LogP contribution in [0, 0.1) is 12.3 Å². The van der Waals surface area contributed by atoms with Crippen molar-refractivity contribution in [3.05, 3.63) is 33.7 Å². The van der Waals surface area contributed by atoms with E-state index in [9.17, 15) is 19.5 Å². The highest BCUT2D eigenvalue weighted by Crippen LogP contribution is 2.34. The molecule has 0 aliphatic carbocycles. The smallest absolute Gasteiger partial charge is 0.311 e. The van der Waals surface area contributed by atoms with Crippen molar-refractivity contribution in [2.24, 2.45) is 5.41 Å². The van der Waals surface area contributed by atoms with Crippen molar-refractivity contribution in [1.82, 2.24) is 9.88 Å². The van der Waals surface area contributed by atoms with E-state index in [0.29, 0.717) is 25.1 Å². The lowest BCUT2D eigenvalue weighted by Crippen LogP contribution is -2.38. The van der Waals surface area contributed by atoms with Crippen LogP contribution in [0.4, 0.5) is 0 Å². The Morgan fingerprint density at radius 2 is 2.20 bits per heavy atom. The first-order valence-corrected chi connectivity index (χ1v) is 6.61. The van der Waals surface area contributed by atoms with E-state index >= 15 is 0 Å². The van der Waals surface area contributed by atoms with E-state index in [1.807, 2.05) is 0 Å². The molecule has 0 bridgehead atoms. The van der Waals surface area contributed by atoms with E-state index in [2.05, 4.69) is 4.98 Å². The summed E-state index contributed by atoms with van der Waals surface area (Å²) in [6, 6.07) is 1.37. The Hall–Kier alpha value is -2.11. The molecule has 1 unspecified atom stereocenters. The molecule has 0 aromatic carbocycles. The third-order valence-electron chi connectivity index (χ3n) is 4.06. The number of aromatic amines is 1. The van der Waals surface area contributed by atoms with Gasteiger partial charge in [0.2, 0.25) is 0 Å². The van der Waals surface area contributed by atoms with Crippen molar-refractivity contribution < 1.29 is 14.7 Å². The number of H-pyrrole nitrogens is 1. The summed E-state index contributed by atoms with van der Waals surface area (Å²) >= 11 is 0. The maximum atomic E-state index is 12.3. The van der Waals surface area contributed by atoms with Crippen molar-refractivity contribution in [1.29, 1.82) is 0 Å². The molecule has 108 valence electrons. The van der Waals surface area contributed by atoms with Gasteiger partial charge in [-0.1, -0.05) is 6.92 Å². The first kappa shape index (κ1) is 14.3. The number of carbonyl (C=O) groups is 2. The number of nitrogens with zero attached hydrogens (tertiary/aromatic N) is 1. The monoisotopic (exact) mass is 278 g/mol. The zero-order valence-corrected chi connectivity index (χ0v) is 11.6.